The Bertz CT molecular complexity index is 1180. The van der Waals surface area contributed by atoms with Crippen LogP contribution >= 0.6 is 0 Å². The maximum atomic E-state index is 13.1. The number of hydrogen-bond acceptors (Lipinski definition) is 4. The maximum Gasteiger partial charge on any atom is 0.225 e. The molecule has 1 aliphatic heterocycles. The van der Waals surface area contributed by atoms with Gasteiger partial charge in [0.15, 0.2) is 5.82 Å². The molecule has 4 aromatic rings. The van der Waals surface area contributed by atoms with E-state index in [-0.39, 0.29) is 11.8 Å². The van der Waals surface area contributed by atoms with Gasteiger partial charge in [0, 0.05) is 36.7 Å². The van der Waals surface area contributed by atoms with Gasteiger partial charge >= 0.3 is 0 Å². The Morgan fingerprint density at radius 2 is 1.47 bits per heavy atom. The van der Waals surface area contributed by atoms with Gasteiger partial charge in [0.05, 0.1) is 5.69 Å². The molecular weight excluding hydrogens is 420 g/mol. The predicted molar refractivity (Wildman–Crippen MR) is 137 cm³/mol. The van der Waals surface area contributed by atoms with E-state index >= 15 is 0 Å². The number of nitrogens with one attached hydrogen (secondary N) is 1. The molecule has 170 valence electrons. The number of aromatic nitrogens is 2. The number of carbonyl (C=O) groups is 1. The van der Waals surface area contributed by atoms with Crippen molar-refractivity contribution in [2.75, 3.05) is 23.3 Å². The van der Waals surface area contributed by atoms with Crippen LogP contribution in [0.3, 0.4) is 0 Å². The average molecular weight is 449 g/mol. The molecule has 0 bridgehead atoms. The molecule has 5 heteroatoms. The summed E-state index contributed by atoms with van der Waals surface area (Å²) in [5, 5.41) is 11.9. The lowest BCUT2D eigenvalue weighted by atomic mass is 9.88. The van der Waals surface area contributed by atoms with Crippen LogP contribution in [0.4, 0.5) is 11.5 Å². The minimum absolute atomic E-state index is 0.00502. The summed E-state index contributed by atoms with van der Waals surface area (Å²) < 4.78 is 0. The Labute approximate surface area is 200 Å². The monoisotopic (exact) mass is 448 g/mol. The molecule has 5 nitrogen and oxygen atoms in total. The Kier molecular flexibility index (Phi) is 6.61. The van der Waals surface area contributed by atoms with E-state index in [1.165, 1.54) is 12.8 Å². The van der Waals surface area contributed by atoms with Gasteiger partial charge in [0.25, 0.3) is 0 Å². The summed E-state index contributed by atoms with van der Waals surface area (Å²) >= 11 is 0. The van der Waals surface area contributed by atoms with Crippen LogP contribution in [0.25, 0.3) is 11.3 Å². The summed E-state index contributed by atoms with van der Waals surface area (Å²) in [5.41, 5.74) is 4.75. The van der Waals surface area contributed by atoms with E-state index in [4.69, 9.17) is 0 Å². The lowest BCUT2D eigenvalue weighted by molar-refractivity contribution is -0.116. The lowest BCUT2D eigenvalue weighted by Gasteiger charge is -2.18. The van der Waals surface area contributed by atoms with Crippen LogP contribution in [-0.4, -0.2) is 29.2 Å². The molecule has 0 radical (unpaired) electrons. The highest BCUT2D eigenvalue weighted by Crippen LogP contribution is 2.29. The van der Waals surface area contributed by atoms with Crippen molar-refractivity contribution in [3.05, 3.63) is 108 Å². The topological polar surface area (TPSA) is 58.1 Å². The standard InChI is InChI=1S/C29H28N4O/c34-29(21-26(22-10-3-1-4-11-22)23-12-5-2-6-13-23)30-25-15-9-14-24(20-25)27-16-17-28(32-31-27)33-18-7-8-19-33/h1-6,9-17,20,26H,7-8,18-19,21H2,(H,30,34). The SMILES string of the molecule is O=C(CC(c1ccccc1)c1ccccc1)Nc1cccc(-c2ccc(N3CCCC3)nn2)c1. The van der Waals surface area contributed by atoms with Crippen LogP contribution < -0.4 is 10.2 Å². The predicted octanol–water partition coefficient (Wildman–Crippen LogP) is 5.90. The Morgan fingerprint density at radius 3 is 2.09 bits per heavy atom. The third-order valence-electron chi connectivity index (χ3n) is 6.32. The first-order valence-corrected chi connectivity index (χ1v) is 11.8. The first-order chi connectivity index (χ1) is 16.8. The first kappa shape index (κ1) is 21.8. The number of hydrogen-bond donors (Lipinski definition) is 1. The molecule has 1 aliphatic rings. The smallest absolute Gasteiger partial charge is 0.225 e. The van der Waals surface area contributed by atoms with Crippen molar-refractivity contribution in [2.45, 2.75) is 25.2 Å². The molecule has 2 heterocycles. The molecule has 1 fully saturated rings. The Hall–Kier alpha value is -3.99. The van der Waals surface area contributed by atoms with E-state index in [1.807, 2.05) is 72.8 Å². The van der Waals surface area contributed by atoms with Crippen molar-refractivity contribution in [1.82, 2.24) is 10.2 Å². The van der Waals surface area contributed by atoms with Crippen molar-refractivity contribution in [3.8, 4) is 11.3 Å². The average Bonchev–Trinajstić information content (AvgIpc) is 3.44. The third-order valence-corrected chi connectivity index (χ3v) is 6.32. The fourth-order valence-electron chi connectivity index (χ4n) is 4.55. The third kappa shape index (κ3) is 5.15. The quantitative estimate of drug-likeness (QED) is 0.382. The van der Waals surface area contributed by atoms with Crippen LogP contribution in [0.1, 0.15) is 36.3 Å². The van der Waals surface area contributed by atoms with Crippen LogP contribution in [0.15, 0.2) is 97.1 Å². The number of anilines is 2. The number of benzene rings is 3. The molecule has 0 unspecified atom stereocenters. The number of carbonyl (C=O) groups excluding carboxylic acids is 1. The second-order valence-corrected chi connectivity index (χ2v) is 8.68. The molecule has 5 rings (SSSR count). The zero-order valence-corrected chi connectivity index (χ0v) is 19.1. The molecule has 0 spiro atoms. The Balaban J connectivity index is 1.30. The van der Waals surface area contributed by atoms with Crippen LogP contribution in [-0.2, 0) is 4.79 Å². The van der Waals surface area contributed by atoms with E-state index in [0.717, 1.165) is 47.0 Å². The minimum Gasteiger partial charge on any atom is -0.355 e. The van der Waals surface area contributed by atoms with Crippen LogP contribution in [0.5, 0.6) is 0 Å². The molecule has 1 N–H and O–H groups in total. The molecule has 1 aromatic heterocycles. The van der Waals surface area contributed by atoms with E-state index in [0.29, 0.717) is 6.42 Å². The normalized spacial score (nSPS) is 13.3. The van der Waals surface area contributed by atoms with Gasteiger partial charge in [-0.15, -0.1) is 10.2 Å². The van der Waals surface area contributed by atoms with E-state index < -0.39 is 0 Å². The molecule has 0 atom stereocenters. The van der Waals surface area contributed by atoms with Gasteiger partial charge in [-0.2, -0.15) is 0 Å². The molecule has 0 saturated carbocycles. The summed E-state index contributed by atoms with van der Waals surface area (Å²) in [6.07, 6.45) is 2.78. The van der Waals surface area contributed by atoms with Gasteiger partial charge < -0.3 is 10.2 Å². The van der Waals surface area contributed by atoms with Gasteiger partial charge in [-0.05, 0) is 48.2 Å². The van der Waals surface area contributed by atoms with E-state index in [1.54, 1.807) is 0 Å². The second kappa shape index (κ2) is 10.3. The van der Waals surface area contributed by atoms with Crippen LogP contribution in [0.2, 0.25) is 0 Å². The zero-order valence-electron chi connectivity index (χ0n) is 19.1. The molecule has 1 amide bonds. The van der Waals surface area contributed by atoms with Gasteiger partial charge in [-0.1, -0.05) is 72.8 Å². The molecule has 34 heavy (non-hydrogen) atoms. The van der Waals surface area contributed by atoms with Gasteiger partial charge in [0.1, 0.15) is 0 Å². The second-order valence-electron chi connectivity index (χ2n) is 8.68. The van der Waals surface area contributed by atoms with Crippen molar-refractivity contribution in [2.24, 2.45) is 0 Å². The highest BCUT2D eigenvalue weighted by atomic mass is 16.1. The minimum atomic E-state index is -0.0229. The van der Waals surface area contributed by atoms with Gasteiger partial charge in [-0.3, -0.25) is 4.79 Å². The largest absolute Gasteiger partial charge is 0.355 e. The van der Waals surface area contributed by atoms with Crippen molar-refractivity contribution in [1.29, 1.82) is 0 Å². The van der Waals surface area contributed by atoms with Crippen LogP contribution in [0, 0.1) is 0 Å². The van der Waals surface area contributed by atoms with E-state index in [2.05, 4.69) is 44.7 Å². The Morgan fingerprint density at radius 1 is 0.794 bits per heavy atom. The lowest BCUT2D eigenvalue weighted by Crippen LogP contribution is -2.19. The highest BCUT2D eigenvalue weighted by Gasteiger charge is 2.18. The van der Waals surface area contributed by atoms with Gasteiger partial charge in [-0.25, -0.2) is 0 Å². The first-order valence-electron chi connectivity index (χ1n) is 11.8. The number of rotatable bonds is 7. The summed E-state index contributed by atoms with van der Waals surface area (Å²) in [5.74, 6) is 0.901. The fraction of sp³-hybridized carbons (Fsp3) is 0.207. The maximum absolute atomic E-state index is 13.1. The summed E-state index contributed by atoms with van der Waals surface area (Å²) in [6.45, 7) is 2.09. The van der Waals surface area contributed by atoms with Crippen molar-refractivity contribution in [3.63, 3.8) is 0 Å². The van der Waals surface area contributed by atoms with E-state index in [9.17, 15) is 4.79 Å². The summed E-state index contributed by atoms with van der Waals surface area (Å²) in [4.78, 5) is 15.3. The van der Waals surface area contributed by atoms with Crippen molar-refractivity contribution >= 4 is 17.4 Å². The summed E-state index contributed by atoms with van der Waals surface area (Å²) in [6, 6.07) is 32.2. The zero-order chi connectivity index (χ0) is 23.2. The van der Waals surface area contributed by atoms with Gasteiger partial charge in [0.2, 0.25) is 5.91 Å². The highest BCUT2D eigenvalue weighted by molar-refractivity contribution is 5.92. The van der Waals surface area contributed by atoms with Crippen molar-refractivity contribution < 1.29 is 4.79 Å². The molecular formula is C29H28N4O. The molecule has 0 aliphatic carbocycles. The fourth-order valence-corrected chi connectivity index (χ4v) is 4.55. The molecule has 3 aromatic carbocycles. The number of nitrogens with zero attached hydrogens (tertiary/aromatic N) is 3. The summed E-state index contributed by atoms with van der Waals surface area (Å²) in [7, 11) is 0. The number of amides is 1. The molecule has 1 saturated heterocycles.